The molecule has 3 aromatic rings. The molecule has 0 radical (unpaired) electrons. The number of sulfonamides is 1. The van der Waals surface area contributed by atoms with Gasteiger partial charge in [0, 0.05) is 17.1 Å². The Morgan fingerprint density at radius 1 is 0.949 bits per heavy atom. The van der Waals surface area contributed by atoms with Crippen LogP contribution in [0.4, 0.5) is 5.69 Å². The molecule has 0 aliphatic rings. The first-order chi connectivity index (χ1) is 18.2. The predicted molar refractivity (Wildman–Crippen MR) is 156 cm³/mol. The van der Waals surface area contributed by atoms with Gasteiger partial charge in [-0.1, -0.05) is 59.6 Å². The summed E-state index contributed by atoms with van der Waals surface area (Å²) in [5.74, 6) is -0.856. The van der Waals surface area contributed by atoms with Crippen LogP contribution in [0.1, 0.15) is 44.4 Å². The number of carbonyl (C=O) groups is 2. The zero-order chi connectivity index (χ0) is 29.0. The summed E-state index contributed by atoms with van der Waals surface area (Å²) in [4.78, 5) is 28.6. The summed E-state index contributed by atoms with van der Waals surface area (Å²) in [6.07, 6.45) is 0. The van der Waals surface area contributed by atoms with Crippen molar-refractivity contribution in [2.75, 3.05) is 10.8 Å². The fourth-order valence-corrected chi connectivity index (χ4v) is 5.62. The number of anilines is 1. The Balaban J connectivity index is 2.05. The molecule has 1 atom stereocenters. The average molecular weight is 570 g/mol. The van der Waals surface area contributed by atoms with Gasteiger partial charge in [0.05, 0.1) is 10.6 Å². The number of halogens is 1. The number of hydrogen-bond acceptors (Lipinski definition) is 4. The van der Waals surface area contributed by atoms with Crippen molar-refractivity contribution in [2.24, 2.45) is 0 Å². The number of nitrogens with zero attached hydrogens (tertiary/aromatic N) is 2. The lowest BCUT2D eigenvalue weighted by Crippen LogP contribution is -2.54. The Morgan fingerprint density at radius 3 is 2.18 bits per heavy atom. The third-order valence-electron chi connectivity index (χ3n) is 6.25. The van der Waals surface area contributed by atoms with Crippen LogP contribution >= 0.6 is 11.6 Å². The Morgan fingerprint density at radius 2 is 1.59 bits per heavy atom. The Kier molecular flexibility index (Phi) is 9.46. The fraction of sp³-hybridized carbons (Fsp3) is 0.333. The first-order valence-electron chi connectivity index (χ1n) is 12.7. The van der Waals surface area contributed by atoms with E-state index in [4.69, 9.17) is 11.6 Å². The van der Waals surface area contributed by atoms with Gasteiger partial charge < -0.3 is 10.2 Å². The van der Waals surface area contributed by atoms with Crippen LogP contribution < -0.4 is 9.62 Å². The summed E-state index contributed by atoms with van der Waals surface area (Å²) < 4.78 is 28.7. The van der Waals surface area contributed by atoms with E-state index in [2.05, 4.69) is 5.32 Å². The minimum Gasteiger partial charge on any atom is -0.350 e. The Labute approximate surface area is 236 Å². The molecule has 1 N–H and O–H groups in total. The Hall–Kier alpha value is -3.36. The number of amides is 2. The lowest BCUT2D eigenvalue weighted by molar-refractivity contribution is -0.140. The maximum atomic E-state index is 14.0. The third-order valence-corrected chi connectivity index (χ3v) is 8.27. The van der Waals surface area contributed by atoms with E-state index in [0.29, 0.717) is 5.02 Å². The van der Waals surface area contributed by atoms with Gasteiger partial charge in [-0.15, -0.1) is 0 Å². The second-order valence-corrected chi connectivity index (χ2v) is 13.0. The average Bonchev–Trinajstić information content (AvgIpc) is 2.85. The molecule has 0 aliphatic carbocycles. The molecule has 9 heteroatoms. The molecule has 39 heavy (non-hydrogen) atoms. The third kappa shape index (κ3) is 7.83. The highest BCUT2D eigenvalue weighted by molar-refractivity contribution is 7.92. The van der Waals surface area contributed by atoms with E-state index in [1.807, 2.05) is 58.9 Å². The molecule has 0 aromatic heterocycles. The summed E-state index contributed by atoms with van der Waals surface area (Å²) in [6.45, 7) is 10.6. The van der Waals surface area contributed by atoms with Crippen molar-refractivity contribution in [1.29, 1.82) is 0 Å². The van der Waals surface area contributed by atoms with E-state index in [-0.39, 0.29) is 23.0 Å². The standard InChI is InChI=1S/C30H36ClN3O4S/c1-21-14-16-27(17-15-21)39(37,38)34(26-13-9-12-25(31)18-26)20-28(35)33(19-24-11-8-7-10-22(24)2)23(3)29(36)32-30(4,5)6/h7-18,23H,19-20H2,1-6H3,(H,32,36)/t23-/m1/s1. The van der Waals surface area contributed by atoms with Gasteiger partial charge in [-0.25, -0.2) is 8.42 Å². The van der Waals surface area contributed by atoms with Crippen LogP contribution in [0.15, 0.2) is 77.7 Å². The number of aryl methyl sites for hydroxylation is 2. The van der Waals surface area contributed by atoms with E-state index >= 15 is 0 Å². The van der Waals surface area contributed by atoms with Crippen LogP contribution in [0.3, 0.4) is 0 Å². The van der Waals surface area contributed by atoms with Crippen LogP contribution in [0.2, 0.25) is 5.02 Å². The predicted octanol–water partition coefficient (Wildman–Crippen LogP) is 5.48. The lowest BCUT2D eigenvalue weighted by atomic mass is 10.1. The molecule has 3 aromatic carbocycles. The molecule has 208 valence electrons. The zero-order valence-corrected chi connectivity index (χ0v) is 24.8. The number of hydrogen-bond donors (Lipinski definition) is 1. The van der Waals surface area contributed by atoms with Crippen molar-refractivity contribution in [2.45, 2.75) is 64.6 Å². The molecule has 0 saturated carbocycles. The van der Waals surface area contributed by atoms with Crippen LogP contribution in [0.5, 0.6) is 0 Å². The van der Waals surface area contributed by atoms with Crippen molar-refractivity contribution in [1.82, 2.24) is 10.2 Å². The number of nitrogens with one attached hydrogen (secondary N) is 1. The van der Waals surface area contributed by atoms with E-state index in [0.717, 1.165) is 21.0 Å². The monoisotopic (exact) mass is 569 g/mol. The van der Waals surface area contributed by atoms with Crippen molar-refractivity contribution in [3.63, 3.8) is 0 Å². The van der Waals surface area contributed by atoms with E-state index < -0.39 is 34.1 Å². The van der Waals surface area contributed by atoms with Crippen molar-refractivity contribution >= 4 is 39.1 Å². The molecule has 0 heterocycles. The smallest absolute Gasteiger partial charge is 0.264 e. The second-order valence-electron chi connectivity index (χ2n) is 10.7. The minimum atomic E-state index is -4.15. The molecule has 0 spiro atoms. The van der Waals surface area contributed by atoms with Gasteiger partial charge in [-0.2, -0.15) is 0 Å². The van der Waals surface area contributed by atoms with Gasteiger partial charge >= 0.3 is 0 Å². The normalized spacial score (nSPS) is 12.5. The van der Waals surface area contributed by atoms with E-state index in [9.17, 15) is 18.0 Å². The number of rotatable bonds is 9. The summed E-state index contributed by atoms with van der Waals surface area (Å²) >= 11 is 6.21. The van der Waals surface area contributed by atoms with Gasteiger partial charge in [-0.3, -0.25) is 13.9 Å². The molecule has 0 aliphatic heterocycles. The molecule has 7 nitrogen and oxygen atoms in total. The second kappa shape index (κ2) is 12.2. The highest BCUT2D eigenvalue weighted by Gasteiger charge is 2.33. The lowest BCUT2D eigenvalue weighted by Gasteiger charge is -2.33. The fourth-order valence-electron chi connectivity index (χ4n) is 4.03. The van der Waals surface area contributed by atoms with Crippen LogP contribution in [0.25, 0.3) is 0 Å². The summed E-state index contributed by atoms with van der Waals surface area (Å²) in [7, 11) is -4.15. The van der Waals surface area contributed by atoms with E-state index in [1.54, 1.807) is 37.3 Å². The summed E-state index contributed by atoms with van der Waals surface area (Å²) in [6, 6.07) is 19.5. The van der Waals surface area contributed by atoms with Gasteiger partial charge in [-0.05, 0) is 83.0 Å². The summed E-state index contributed by atoms with van der Waals surface area (Å²) in [5, 5.41) is 3.26. The Bertz CT molecular complexity index is 1430. The van der Waals surface area contributed by atoms with Gasteiger partial charge in [0.15, 0.2) is 0 Å². The van der Waals surface area contributed by atoms with Crippen LogP contribution in [0, 0.1) is 13.8 Å². The van der Waals surface area contributed by atoms with Gasteiger partial charge in [0.25, 0.3) is 10.0 Å². The van der Waals surface area contributed by atoms with Gasteiger partial charge in [0.2, 0.25) is 11.8 Å². The van der Waals surface area contributed by atoms with E-state index in [1.165, 1.54) is 23.1 Å². The maximum absolute atomic E-state index is 14.0. The van der Waals surface area contributed by atoms with Crippen LogP contribution in [-0.4, -0.2) is 43.3 Å². The van der Waals surface area contributed by atoms with Crippen molar-refractivity contribution < 1.29 is 18.0 Å². The van der Waals surface area contributed by atoms with Crippen molar-refractivity contribution in [3.05, 3.63) is 94.5 Å². The molecule has 0 saturated heterocycles. The first kappa shape index (κ1) is 30.2. The molecule has 0 unspecified atom stereocenters. The highest BCUT2D eigenvalue weighted by atomic mass is 35.5. The zero-order valence-electron chi connectivity index (χ0n) is 23.2. The highest BCUT2D eigenvalue weighted by Crippen LogP contribution is 2.27. The maximum Gasteiger partial charge on any atom is 0.264 e. The molecular weight excluding hydrogens is 534 g/mol. The quantitative estimate of drug-likeness (QED) is 0.369. The number of benzene rings is 3. The minimum absolute atomic E-state index is 0.0462. The molecule has 0 fully saturated rings. The largest absolute Gasteiger partial charge is 0.350 e. The topological polar surface area (TPSA) is 86.8 Å². The molecular formula is C30H36ClN3O4S. The van der Waals surface area contributed by atoms with Gasteiger partial charge in [0.1, 0.15) is 12.6 Å². The molecule has 3 rings (SSSR count). The SMILES string of the molecule is Cc1ccc(S(=O)(=O)N(CC(=O)N(Cc2ccccc2C)[C@H](C)C(=O)NC(C)(C)C)c2cccc(Cl)c2)cc1. The first-order valence-corrected chi connectivity index (χ1v) is 14.5. The van der Waals surface area contributed by atoms with Crippen LogP contribution in [-0.2, 0) is 26.2 Å². The molecule has 0 bridgehead atoms. The van der Waals surface area contributed by atoms with Crippen molar-refractivity contribution in [3.8, 4) is 0 Å². The number of carbonyl (C=O) groups excluding carboxylic acids is 2. The summed E-state index contributed by atoms with van der Waals surface area (Å²) in [5.41, 5.74) is 2.46. The molecule has 2 amide bonds.